The first kappa shape index (κ1) is 12.8. The van der Waals surface area contributed by atoms with Crippen LogP contribution in [0.5, 0.6) is 0 Å². The van der Waals surface area contributed by atoms with E-state index in [-0.39, 0.29) is 0 Å². The number of benzene rings is 1. The Kier molecular flexibility index (Phi) is 4.53. The fourth-order valence-electron chi connectivity index (χ4n) is 2.12. The van der Waals surface area contributed by atoms with Crippen LogP contribution in [-0.2, 0) is 6.42 Å². The summed E-state index contributed by atoms with van der Waals surface area (Å²) in [6.07, 6.45) is 5.72. The predicted octanol–water partition coefficient (Wildman–Crippen LogP) is 3.00. The smallest absolute Gasteiger partial charge is 0.107 e. The van der Waals surface area contributed by atoms with Crippen molar-refractivity contribution in [1.82, 2.24) is 15.3 Å². The summed E-state index contributed by atoms with van der Waals surface area (Å²) in [4.78, 5) is 7.49. The maximum absolute atomic E-state index is 4.32. The lowest BCUT2D eigenvalue weighted by Gasteiger charge is -2.18. The van der Waals surface area contributed by atoms with E-state index >= 15 is 0 Å². The van der Waals surface area contributed by atoms with Gasteiger partial charge in [-0.15, -0.1) is 0 Å². The fourth-order valence-corrected chi connectivity index (χ4v) is 2.12. The second-order valence-corrected chi connectivity index (χ2v) is 4.66. The molecule has 0 saturated heterocycles. The zero-order valence-corrected chi connectivity index (χ0v) is 11.1. The van der Waals surface area contributed by atoms with E-state index in [0.29, 0.717) is 6.04 Å². The van der Waals surface area contributed by atoms with Crippen molar-refractivity contribution in [2.75, 3.05) is 6.54 Å². The fraction of sp³-hybridized carbons (Fsp3) is 0.400. The highest BCUT2D eigenvalue weighted by Gasteiger charge is 2.12. The zero-order valence-electron chi connectivity index (χ0n) is 11.1. The summed E-state index contributed by atoms with van der Waals surface area (Å²) >= 11 is 0. The Labute approximate surface area is 109 Å². The summed E-state index contributed by atoms with van der Waals surface area (Å²) in [5.74, 6) is 1.03. The van der Waals surface area contributed by atoms with Gasteiger partial charge in [-0.1, -0.05) is 36.8 Å². The summed E-state index contributed by atoms with van der Waals surface area (Å²) in [6, 6.07) is 9.01. The van der Waals surface area contributed by atoms with Crippen LogP contribution in [0.15, 0.2) is 36.7 Å². The molecule has 0 spiro atoms. The second-order valence-electron chi connectivity index (χ2n) is 4.66. The summed E-state index contributed by atoms with van der Waals surface area (Å²) in [5.41, 5.74) is 2.63. The van der Waals surface area contributed by atoms with Gasteiger partial charge in [0.15, 0.2) is 0 Å². The molecular formula is C15H21N3. The SMILES string of the molecule is CCCNC(Cc1ncc[nH]1)c1cccc(C)c1. The highest BCUT2D eigenvalue weighted by atomic mass is 14.9. The van der Waals surface area contributed by atoms with Crippen LogP contribution in [0, 0.1) is 6.92 Å². The van der Waals surface area contributed by atoms with E-state index < -0.39 is 0 Å². The van der Waals surface area contributed by atoms with Crippen LogP contribution in [0.2, 0.25) is 0 Å². The van der Waals surface area contributed by atoms with Crippen molar-refractivity contribution < 1.29 is 0 Å². The lowest BCUT2D eigenvalue weighted by atomic mass is 10.0. The Morgan fingerprint density at radius 2 is 2.28 bits per heavy atom. The lowest BCUT2D eigenvalue weighted by Crippen LogP contribution is -2.24. The third kappa shape index (κ3) is 3.44. The van der Waals surface area contributed by atoms with Gasteiger partial charge in [0, 0.05) is 24.9 Å². The van der Waals surface area contributed by atoms with E-state index in [1.54, 1.807) is 0 Å². The lowest BCUT2D eigenvalue weighted by molar-refractivity contribution is 0.520. The topological polar surface area (TPSA) is 40.7 Å². The Morgan fingerprint density at radius 3 is 2.94 bits per heavy atom. The van der Waals surface area contributed by atoms with Gasteiger partial charge in [-0.25, -0.2) is 4.98 Å². The van der Waals surface area contributed by atoms with Gasteiger partial charge in [0.1, 0.15) is 5.82 Å². The van der Waals surface area contributed by atoms with Gasteiger partial charge in [-0.05, 0) is 25.5 Å². The first-order chi connectivity index (χ1) is 8.79. The van der Waals surface area contributed by atoms with E-state index in [4.69, 9.17) is 0 Å². The molecule has 0 fully saturated rings. The van der Waals surface area contributed by atoms with Crippen molar-refractivity contribution in [3.63, 3.8) is 0 Å². The molecule has 0 saturated carbocycles. The third-order valence-electron chi connectivity index (χ3n) is 3.04. The van der Waals surface area contributed by atoms with Gasteiger partial charge < -0.3 is 10.3 Å². The Morgan fingerprint density at radius 1 is 1.39 bits per heavy atom. The van der Waals surface area contributed by atoms with Gasteiger partial charge in [0.2, 0.25) is 0 Å². The first-order valence-corrected chi connectivity index (χ1v) is 6.57. The number of imidazole rings is 1. The molecule has 0 amide bonds. The van der Waals surface area contributed by atoms with E-state index in [0.717, 1.165) is 25.2 Å². The molecule has 1 aromatic heterocycles. The van der Waals surface area contributed by atoms with Crippen molar-refractivity contribution in [3.8, 4) is 0 Å². The van der Waals surface area contributed by atoms with Gasteiger partial charge >= 0.3 is 0 Å². The van der Waals surface area contributed by atoms with E-state index in [1.165, 1.54) is 11.1 Å². The van der Waals surface area contributed by atoms with E-state index in [1.807, 2.05) is 12.4 Å². The molecule has 0 bridgehead atoms. The second kappa shape index (κ2) is 6.36. The molecule has 1 aromatic carbocycles. The van der Waals surface area contributed by atoms with Crippen molar-refractivity contribution >= 4 is 0 Å². The average molecular weight is 243 g/mol. The van der Waals surface area contributed by atoms with Crippen LogP contribution in [-0.4, -0.2) is 16.5 Å². The Hall–Kier alpha value is -1.61. The van der Waals surface area contributed by atoms with Crippen LogP contribution < -0.4 is 5.32 Å². The third-order valence-corrected chi connectivity index (χ3v) is 3.04. The number of hydrogen-bond acceptors (Lipinski definition) is 2. The predicted molar refractivity (Wildman–Crippen MR) is 74.5 cm³/mol. The molecule has 96 valence electrons. The summed E-state index contributed by atoms with van der Waals surface area (Å²) in [5, 5.41) is 3.59. The standard InChI is InChI=1S/C15H21N3/c1-3-7-16-14(11-15-17-8-9-18-15)13-6-4-5-12(2)10-13/h4-6,8-10,14,16H,3,7,11H2,1-2H3,(H,17,18). The molecule has 0 aliphatic carbocycles. The zero-order chi connectivity index (χ0) is 12.8. The number of nitrogens with zero attached hydrogens (tertiary/aromatic N) is 1. The number of hydrogen-bond donors (Lipinski definition) is 2. The molecule has 0 aliphatic heterocycles. The molecular weight excluding hydrogens is 222 g/mol. The summed E-state index contributed by atoms with van der Waals surface area (Å²) in [7, 11) is 0. The molecule has 1 atom stereocenters. The number of rotatable bonds is 6. The molecule has 2 N–H and O–H groups in total. The minimum atomic E-state index is 0.330. The quantitative estimate of drug-likeness (QED) is 0.819. The minimum Gasteiger partial charge on any atom is -0.349 e. The molecule has 0 radical (unpaired) electrons. The maximum Gasteiger partial charge on any atom is 0.107 e. The van der Waals surface area contributed by atoms with E-state index in [2.05, 4.69) is 53.4 Å². The van der Waals surface area contributed by atoms with Crippen LogP contribution in [0.25, 0.3) is 0 Å². The van der Waals surface area contributed by atoms with Crippen molar-refractivity contribution in [2.45, 2.75) is 32.7 Å². The number of H-pyrrole nitrogens is 1. The summed E-state index contributed by atoms with van der Waals surface area (Å²) in [6.45, 7) is 5.35. The Bertz CT molecular complexity index is 462. The van der Waals surface area contributed by atoms with Crippen LogP contribution >= 0.6 is 0 Å². The number of aryl methyl sites for hydroxylation is 1. The molecule has 2 rings (SSSR count). The minimum absolute atomic E-state index is 0.330. The van der Waals surface area contributed by atoms with Gasteiger partial charge in [-0.3, -0.25) is 0 Å². The monoisotopic (exact) mass is 243 g/mol. The Balaban J connectivity index is 2.13. The van der Waals surface area contributed by atoms with Crippen LogP contribution in [0.1, 0.15) is 36.3 Å². The van der Waals surface area contributed by atoms with Crippen molar-refractivity contribution in [3.05, 3.63) is 53.6 Å². The maximum atomic E-state index is 4.32. The molecule has 2 aromatic rings. The van der Waals surface area contributed by atoms with Gasteiger partial charge in [0.25, 0.3) is 0 Å². The normalized spacial score (nSPS) is 12.6. The molecule has 3 heteroatoms. The average Bonchev–Trinajstić information content (AvgIpc) is 2.87. The van der Waals surface area contributed by atoms with Crippen molar-refractivity contribution in [1.29, 1.82) is 0 Å². The number of nitrogens with one attached hydrogen (secondary N) is 2. The molecule has 18 heavy (non-hydrogen) atoms. The largest absolute Gasteiger partial charge is 0.349 e. The highest BCUT2D eigenvalue weighted by molar-refractivity contribution is 5.25. The molecule has 0 aliphatic rings. The number of aromatic nitrogens is 2. The van der Waals surface area contributed by atoms with Gasteiger partial charge in [0.05, 0.1) is 0 Å². The summed E-state index contributed by atoms with van der Waals surface area (Å²) < 4.78 is 0. The van der Waals surface area contributed by atoms with Crippen LogP contribution in [0.4, 0.5) is 0 Å². The van der Waals surface area contributed by atoms with Gasteiger partial charge in [-0.2, -0.15) is 0 Å². The number of aromatic amines is 1. The van der Waals surface area contributed by atoms with Crippen LogP contribution in [0.3, 0.4) is 0 Å². The van der Waals surface area contributed by atoms with Crippen molar-refractivity contribution in [2.24, 2.45) is 0 Å². The first-order valence-electron chi connectivity index (χ1n) is 6.57. The molecule has 1 unspecified atom stereocenters. The highest BCUT2D eigenvalue weighted by Crippen LogP contribution is 2.18. The molecule has 1 heterocycles. The molecule has 3 nitrogen and oxygen atoms in total. The van der Waals surface area contributed by atoms with E-state index in [9.17, 15) is 0 Å².